The van der Waals surface area contributed by atoms with Crippen LogP contribution in [0.5, 0.6) is 11.6 Å². The Kier molecular flexibility index (Phi) is 3.97. The van der Waals surface area contributed by atoms with Gasteiger partial charge in [0.15, 0.2) is 0 Å². The second-order valence-corrected chi connectivity index (χ2v) is 5.31. The number of pyridine rings is 1. The minimum Gasteiger partial charge on any atom is -0.439 e. The van der Waals surface area contributed by atoms with E-state index in [1.165, 1.54) is 24.8 Å². The minimum absolute atomic E-state index is 0.413. The van der Waals surface area contributed by atoms with E-state index in [1.807, 2.05) is 36.4 Å². The monoisotopic (exact) mass is 268 g/mol. The van der Waals surface area contributed by atoms with Gasteiger partial charge in [0.05, 0.1) is 0 Å². The van der Waals surface area contributed by atoms with Crippen molar-refractivity contribution in [1.82, 2.24) is 9.88 Å². The number of aromatic nitrogens is 1. The Morgan fingerprint density at radius 3 is 2.75 bits per heavy atom. The second kappa shape index (κ2) is 6.06. The van der Waals surface area contributed by atoms with Crippen LogP contribution in [0.25, 0.3) is 0 Å². The summed E-state index contributed by atoms with van der Waals surface area (Å²) in [4.78, 5) is 6.84. The standard InChI is InChI=1S/C17H20N2O/c1-19-13-6-5-11-16(19)15-10-7-12-18-17(15)20-14-8-3-2-4-9-14/h2-4,7-10,12,16H,5-6,11,13H2,1H3/t16-/m1/s1. The molecule has 0 radical (unpaired) electrons. The first kappa shape index (κ1) is 13.1. The molecule has 2 aromatic rings. The van der Waals surface area contributed by atoms with Crippen LogP contribution in [-0.2, 0) is 0 Å². The molecule has 0 N–H and O–H groups in total. The van der Waals surface area contributed by atoms with Crippen LogP contribution in [0.1, 0.15) is 30.9 Å². The van der Waals surface area contributed by atoms with Gasteiger partial charge in [-0.15, -0.1) is 0 Å². The van der Waals surface area contributed by atoms with Gasteiger partial charge in [-0.05, 0) is 44.6 Å². The molecule has 1 saturated heterocycles. The molecule has 1 atom stereocenters. The molecule has 3 rings (SSSR count). The summed E-state index contributed by atoms with van der Waals surface area (Å²) in [5.41, 5.74) is 1.19. The summed E-state index contributed by atoms with van der Waals surface area (Å²) in [6, 6.07) is 14.4. The summed E-state index contributed by atoms with van der Waals surface area (Å²) in [7, 11) is 2.18. The lowest BCUT2D eigenvalue weighted by Crippen LogP contribution is -2.29. The zero-order chi connectivity index (χ0) is 13.8. The fourth-order valence-corrected chi connectivity index (χ4v) is 2.81. The van der Waals surface area contributed by atoms with E-state index in [2.05, 4.69) is 23.0 Å². The van der Waals surface area contributed by atoms with Crippen molar-refractivity contribution < 1.29 is 4.74 Å². The fraction of sp³-hybridized carbons (Fsp3) is 0.353. The van der Waals surface area contributed by atoms with Gasteiger partial charge in [0.2, 0.25) is 5.88 Å². The molecular weight excluding hydrogens is 248 g/mol. The molecule has 1 aliphatic rings. The van der Waals surface area contributed by atoms with Crippen molar-refractivity contribution in [3.05, 3.63) is 54.2 Å². The highest BCUT2D eigenvalue weighted by Gasteiger charge is 2.24. The molecule has 2 heterocycles. The summed E-state index contributed by atoms with van der Waals surface area (Å²) in [6.45, 7) is 1.14. The van der Waals surface area contributed by atoms with Crippen LogP contribution in [0.3, 0.4) is 0 Å². The van der Waals surface area contributed by atoms with Crippen LogP contribution >= 0.6 is 0 Å². The van der Waals surface area contributed by atoms with Gasteiger partial charge in [0, 0.05) is 17.8 Å². The van der Waals surface area contributed by atoms with Crippen molar-refractivity contribution in [3.8, 4) is 11.6 Å². The maximum absolute atomic E-state index is 5.97. The van der Waals surface area contributed by atoms with Gasteiger partial charge in [0.25, 0.3) is 0 Å². The number of hydrogen-bond acceptors (Lipinski definition) is 3. The Balaban J connectivity index is 1.88. The molecule has 0 unspecified atom stereocenters. The van der Waals surface area contributed by atoms with Crippen molar-refractivity contribution in [2.75, 3.05) is 13.6 Å². The van der Waals surface area contributed by atoms with Gasteiger partial charge in [0.1, 0.15) is 5.75 Å². The first-order valence-corrected chi connectivity index (χ1v) is 7.22. The Hall–Kier alpha value is -1.87. The number of piperidine rings is 1. The normalized spacial score (nSPS) is 19.8. The van der Waals surface area contributed by atoms with E-state index >= 15 is 0 Å². The number of ether oxygens (including phenoxy) is 1. The van der Waals surface area contributed by atoms with E-state index in [1.54, 1.807) is 6.20 Å². The molecule has 0 aliphatic carbocycles. The fourth-order valence-electron chi connectivity index (χ4n) is 2.81. The molecule has 20 heavy (non-hydrogen) atoms. The van der Waals surface area contributed by atoms with E-state index in [-0.39, 0.29) is 0 Å². The highest BCUT2D eigenvalue weighted by Crippen LogP contribution is 2.35. The van der Waals surface area contributed by atoms with Crippen molar-refractivity contribution in [1.29, 1.82) is 0 Å². The van der Waals surface area contributed by atoms with Gasteiger partial charge in [-0.3, -0.25) is 4.90 Å². The summed E-state index contributed by atoms with van der Waals surface area (Å²) in [5, 5.41) is 0. The van der Waals surface area contributed by atoms with Gasteiger partial charge in [-0.1, -0.05) is 30.7 Å². The maximum atomic E-state index is 5.97. The molecule has 0 amide bonds. The molecular formula is C17H20N2O. The smallest absolute Gasteiger partial charge is 0.223 e. The molecule has 0 bridgehead atoms. The van der Waals surface area contributed by atoms with Crippen molar-refractivity contribution >= 4 is 0 Å². The average Bonchev–Trinajstić information content (AvgIpc) is 2.50. The predicted molar refractivity (Wildman–Crippen MR) is 80.0 cm³/mol. The van der Waals surface area contributed by atoms with Gasteiger partial charge in [-0.2, -0.15) is 0 Å². The molecule has 0 spiro atoms. The lowest BCUT2D eigenvalue weighted by Gasteiger charge is -2.33. The number of likely N-dealkylation sites (tertiary alicyclic amines) is 1. The summed E-state index contributed by atoms with van der Waals surface area (Å²) in [5.74, 6) is 1.57. The number of para-hydroxylation sites is 1. The molecule has 104 valence electrons. The second-order valence-electron chi connectivity index (χ2n) is 5.31. The first-order valence-electron chi connectivity index (χ1n) is 7.22. The Labute approximate surface area is 120 Å². The number of rotatable bonds is 3. The quantitative estimate of drug-likeness (QED) is 0.840. The lowest BCUT2D eigenvalue weighted by molar-refractivity contribution is 0.184. The van der Waals surface area contributed by atoms with Gasteiger partial charge >= 0.3 is 0 Å². The van der Waals surface area contributed by atoms with E-state index in [9.17, 15) is 0 Å². The van der Waals surface area contributed by atoms with E-state index in [0.29, 0.717) is 6.04 Å². The Bertz CT molecular complexity index is 556. The zero-order valence-electron chi connectivity index (χ0n) is 11.8. The average molecular weight is 268 g/mol. The minimum atomic E-state index is 0.413. The first-order chi connectivity index (χ1) is 9.84. The van der Waals surface area contributed by atoms with Crippen LogP contribution in [0.2, 0.25) is 0 Å². The highest BCUT2D eigenvalue weighted by atomic mass is 16.5. The maximum Gasteiger partial charge on any atom is 0.223 e. The molecule has 3 heteroatoms. The molecule has 1 fully saturated rings. The molecule has 3 nitrogen and oxygen atoms in total. The lowest BCUT2D eigenvalue weighted by atomic mass is 9.96. The molecule has 1 aromatic heterocycles. The Morgan fingerprint density at radius 2 is 1.95 bits per heavy atom. The molecule has 0 saturated carbocycles. The van der Waals surface area contributed by atoms with E-state index in [4.69, 9.17) is 4.74 Å². The molecule has 1 aliphatic heterocycles. The summed E-state index contributed by atoms with van der Waals surface area (Å²) >= 11 is 0. The van der Waals surface area contributed by atoms with E-state index in [0.717, 1.165) is 18.2 Å². The van der Waals surface area contributed by atoms with E-state index < -0.39 is 0 Å². The van der Waals surface area contributed by atoms with Crippen LogP contribution in [0, 0.1) is 0 Å². The summed E-state index contributed by atoms with van der Waals surface area (Å²) < 4.78 is 5.97. The molecule has 1 aromatic carbocycles. The zero-order valence-corrected chi connectivity index (χ0v) is 11.8. The number of nitrogens with zero attached hydrogens (tertiary/aromatic N) is 2. The number of hydrogen-bond donors (Lipinski definition) is 0. The van der Waals surface area contributed by atoms with Crippen LogP contribution in [0.4, 0.5) is 0 Å². The topological polar surface area (TPSA) is 25.4 Å². The van der Waals surface area contributed by atoms with Crippen LogP contribution < -0.4 is 4.74 Å². The summed E-state index contributed by atoms with van der Waals surface area (Å²) in [6.07, 6.45) is 5.52. The third-order valence-corrected chi connectivity index (χ3v) is 3.89. The SMILES string of the molecule is CN1CCCC[C@@H]1c1cccnc1Oc1ccccc1. The van der Waals surface area contributed by atoms with Crippen molar-refractivity contribution in [2.24, 2.45) is 0 Å². The number of benzene rings is 1. The van der Waals surface area contributed by atoms with Crippen molar-refractivity contribution in [3.63, 3.8) is 0 Å². The third-order valence-electron chi connectivity index (χ3n) is 3.89. The predicted octanol–water partition coefficient (Wildman–Crippen LogP) is 4.03. The third kappa shape index (κ3) is 2.83. The Morgan fingerprint density at radius 1 is 1.10 bits per heavy atom. The highest BCUT2D eigenvalue weighted by molar-refractivity contribution is 5.34. The van der Waals surface area contributed by atoms with Gasteiger partial charge in [-0.25, -0.2) is 4.98 Å². The van der Waals surface area contributed by atoms with Crippen LogP contribution in [-0.4, -0.2) is 23.5 Å². The van der Waals surface area contributed by atoms with Crippen molar-refractivity contribution in [2.45, 2.75) is 25.3 Å². The van der Waals surface area contributed by atoms with Crippen LogP contribution in [0.15, 0.2) is 48.7 Å². The van der Waals surface area contributed by atoms with Gasteiger partial charge < -0.3 is 4.74 Å². The largest absolute Gasteiger partial charge is 0.439 e.